The number of likely N-dealkylation sites (tertiary alicyclic amines) is 1. The van der Waals surface area contributed by atoms with Crippen LogP contribution in [0.3, 0.4) is 0 Å². The Labute approximate surface area is 138 Å². The van der Waals surface area contributed by atoms with E-state index in [0.717, 1.165) is 0 Å². The zero-order chi connectivity index (χ0) is 17.3. The molecule has 2 fully saturated rings. The molecule has 1 spiro atoms. The van der Waals surface area contributed by atoms with Gasteiger partial charge in [-0.2, -0.15) is 0 Å². The van der Waals surface area contributed by atoms with E-state index >= 15 is 0 Å². The van der Waals surface area contributed by atoms with E-state index in [1.54, 1.807) is 29.2 Å². The number of carbonyl (C=O) groups is 4. The van der Waals surface area contributed by atoms with Gasteiger partial charge in [0.05, 0.1) is 6.42 Å². The van der Waals surface area contributed by atoms with Gasteiger partial charge in [-0.1, -0.05) is 18.2 Å². The first-order valence-corrected chi connectivity index (χ1v) is 7.70. The maximum Gasteiger partial charge on any atom is 0.322 e. The van der Waals surface area contributed by atoms with Gasteiger partial charge < -0.3 is 16.0 Å². The quantitative estimate of drug-likeness (QED) is 0.648. The molecule has 3 rings (SSSR count). The third kappa shape index (κ3) is 2.82. The molecule has 0 radical (unpaired) electrons. The number of nitrogens with two attached hydrogens (primary N) is 1. The molecule has 2 aliphatic heterocycles. The predicted octanol–water partition coefficient (Wildman–Crippen LogP) is -0.471. The number of piperidine rings is 1. The molecule has 1 aromatic carbocycles. The van der Waals surface area contributed by atoms with Gasteiger partial charge in [-0.05, 0) is 24.5 Å². The van der Waals surface area contributed by atoms with Crippen molar-refractivity contribution in [3.63, 3.8) is 0 Å². The van der Waals surface area contributed by atoms with Crippen molar-refractivity contribution >= 4 is 23.8 Å². The molecule has 24 heavy (non-hydrogen) atoms. The number of primary amides is 1. The predicted molar refractivity (Wildman–Crippen MR) is 83.9 cm³/mol. The topological polar surface area (TPSA) is 122 Å². The summed E-state index contributed by atoms with van der Waals surface area (Å²) in [5, 5.41) is 4.90. The molecule has 2 aliphatic rings. The van der Waals surface area contributed by atoms with Crippen molar-refractivity contribution in [3.8, 4) is 0 Å². The molecule has 126 valence electrons. The number of carbonyl (C=O) groups excluding carboxylic acids is 4. The van der Waals surface area contributed by atoms with Gasteiger partial charge in [0.15, 0.2) is 0 Å². The van der Waals surface area contributed by atoms with Crippen molar-refractivity contribution in [2.75, 3.05) is 13.1 Å². The molecular formula is C16H18N4O4. The first-order valence-electron chi connectivity index (χ1n) is 7.70. The molecule has 2 saturated heterocycles. The van der Waals surface area contributed by atoms with E-state index < -0.39 is 17.5 Å². The third-order valence-electron chi connectivity index (χ3n) is 4.53. The van der Waals surface area contributed by atoms with Gasteiger partial charge in [0.1, 0.15) is 5.54 Å². The summed E-state index contributed by atoms with van der Waals surface area (Å²) in [7, 11) is 0. The average Bonchev–Trinajstić information content (AvgIpc) is 2.81. The highest BCUT2D eigenvalue weighted by Crippen LogP contribution is 2.26. The summed E-state index contributed by atoms with van der Waals surface area (Å²) in [5.41, 5.74) is 5.34. The summed E-state index contributed by atoms with van der Waals surface area (Å²) >= 11 is 0. The molecule has 8 nitrogen and oxygen atoms in total. The fraction of sp³-hybridized carbons (Fsp3) is 0.375. The minimum atomic E-state index is -0.916. The number of rotatable bonds is 3. The summed E-state index contributed by atoms with van der Waals surface area (Å²) in [4.78, 5) is 48.8. The van der Waals surface area contributed by atoms with Crippen molar-refractivity contribution in [2.24, 2.45) is 5.73 Å². The van der Waals surface area contributed by atoms with Crippen molar-refractivity contribution in [2.45, 2.75) is 24.8 Å². The van der Waals surface area contributed by atoms with Crippen LogP contribution in [0.15, 0.2) is 24.3 Å². The lowest BCUT2D eigenvalue weighted by Crippen LogP contribution is -2.55. The van der Waals surface area contributed by atoms with Gasteiger partial charge in [-0.15, -0.1) is 0 Å². The number of hydrogen-bond donors (Lipinski definition) is 3. The van der Waals surface area contributed by atoms with E-state index in [-0.39, 0.29) is 18.2 Å². The van der Waals surface area contributed by atoms with Gasteiger partial charge in [0.2, 0.25) is 5.91 Å². The van der Waals surface area contributed by atoms with Crippen molar-refractivity contribution in [1.29, 1.82) is 0 Å². The molecule has 1 aromatic rings. The molecule has 0 bridgehead atoms. The van der Waals surface area contributed by atoms with Crippen LogP contribution in [-0.2, 0) is 16.0 Å². The van der Waals surface area contributed by atoms with E-state index in [4.69, 9.17) is 5.73 Å². The molecule has 5 amide bonds. The van der Waals surface area contributed by atoms with Gasteiger partial charge in [0.25, 0.3) is 11.8 Å². The third-order valence-corrected chi connectivity index (χ3v) is 4.53. The lowest BCUT2D eigenvalue weighted by Gasteiger charge is -2.37. The highest BCUT2D eigenvalue weighted by atomic mass is 16.2. The standard InChI is InChI=1S/C16H18N4O4/c17-12(21)9-10-3-1-2-4-11(10)13(22)20-7-5-16(6-8-20)14(23)18-15(24)19-16/h1-4H,5-9H2,(H2,17,21)(H2,18,19,23,24). The maximum absolute atomic E-state index is 12.7. The van der Waals surface area contributed by atoms with Crippen LogP contribution in [0.25, 0.3) is 0 Å². The molecule has 2 heterocycles. The lowest BCUT2D eigenvalue weighted by atomic mass is 9.87. The van der Waals surface area contributed by atoms with Crippen molar-refractivity contribution in [1.82, 2.24) is 15.5 Å². The summed E-state index contributed by atoms with van der Waals surface area (Å²) in [6, 6.07) is 6.35. The Hall–Kier alpha value is -2.90. The number of amides is 5. The second-order valence-corrected chi connectivity index (χ2v) is 6.08. The Morgan fingerprint density at radius 3 is 2.42 bits per heavy atom. The summed E-state index contributed by atoms with van der Waals surface area (Å²) in [6.07, 6.45) is 0.709. The summed E-state index contributed by atoms with van der Waals surface area (Å²) < 4.78 is 0. The van der Waals surface area contributed by atoms with E-state index in [0.29, 0.717) is 37.1 Å². The smallest absolute Gasteiger partial charge is 0.322 e. The number of nitrogens with zero attached hydrogens (tertiary/aromatic N) is 1. The second kappa shape index (κ2) is 5.95. The zero-order valence-electron chi connectivity index (χ0n) is 13.0. The number of imide groups is 1. The second-order valence-electron chi connectivity index (χ2n) is 6.08. The van der Waals surface area contributed by atoms with Crippen LogP contribution in [0.1, 0.15) is 28.8 Å². The van der Waals surface area contributed by atoms with E-state index in [1.165, 1.54) is 0 Å². The molecule has 0 saturated carbocycles. The number of nitrogens with one attached hydrogen (secondary N) is 2. The molecule has 4 N–H and O–H groups in total. The molecular weight excluding hydrogens is 312 g/mol. The van der Waals surface area contributed by atoms with Crippen LogP contribution in [0, 0.1) is 0 Å². The van der Waals surface area contributed by atoms with Crippen LogP contribution < -0.4 is 16.4 Å². The van der Waals surface area contributed by atoms with Crippen molar-refractivity contribution in [3.05, 3.63) is 35.4 Å². The SMILES string of the molecule is NC(=O)Cc1ccccc1C(=O)N1CCC2(CC1)NC(=O)NC2=O. The highest BCUT2D eigenvalue weighted by molar-refractivity contribution is 6.07. The Balaban J connectivity index is 1.73. The van der Waals surface area contributed by atoms with Crippen LogP contribution in [0.5, 0.6) is 0 Å². The Morgan fingerprint density at radius 2 is 1.83 bits per heavy atom. The number of hydrogen-bond acceptors (Lipinski definition) is 4. The Morgan fingerprint density at radius 1 is 1.17 bits per heavy atom. The van der Waals surface area contributed by atoms with Crippen LogP contribution in [0.2, 0.25) is 0 Å². The number of urea groups is 1. The highest BCUT2D eigenvalue weighted by Gasteiger charge is 2.48. The summed E-state index contributed by atoms with van der Waals surface area (Å²) in [6.45, 7) is 0.689. The van der Waals surface area contributed by atoms with Crippen molar-refractivity contribution < 1.29 is 19.2 Å². The van der Waals surface area contributed by atoms with Gasteiger partial charge in [-0.3, -0.25) is 19.7 Å². The Kier molecular flexibility index (Phi) is 3.96. The summed E-state index contributed by atoms with van der Waals surface area (Å²) in [5.74, 6) is -1.04. The van der Waals surface area contributed by atoms with E-state index in [2.05, 4.69) is 10.6 Å². The number of benzene rings is 1. The van der Waals surface area contributed by atoms with Gasteiger partial charge in [-0.25, -0.2) is 4.79 Å². The molecule has 0 aromatic heterocycles. The van der Waals surface area contributed by atoms with Crippen LogP contribution in [-0.4, -0.2) is 47.3 Å². The maximum atomic E-state index is 12.7. The molecule has 0 aliphatic carbocycles. The molecule has 0 unspecified atom stereocenters. The van der Waals surface area contributed by atoms with E-state index in [9.17, 15) is 19.2 Å². The minimum Gasteiger partial charge on any atom is -0.369 e. The van der Waals surface area contributed by atoms with Crippen LogP contribution >= 0.6 is 0 Å². The monoisotopic (exact) mass is 330 g/mol. The normalized spacial score (nSPS) is 19.1. The minimum absolute atomic E-state index is 0.00183. The molecule has 8 heteroatoms. The zero-order valence-corrected chi connectivity index (χ0v) is 13.0. The first kappa shape index (κ1) is 16.0. The fourth-order valence-electron chi connectivity index (χ4n) is 3.21. The van der Waals surface area contributed by atoms with E-state index in [1.807, 2.05) is 0 Å². The van der Waals surface area contributed by atoms with Gasteiger partial charge >= 0.3 is 6.03 Å². The fourth-order valence-corrected chi connectivity index (χ4v) is 3.21. The molecule has 0 atom stereocenters. The lowest BCUT2D eigenvalue weighted by molar-refractivity contribution is -0.125. The van der Waals surface area contributed by atoms with Crippen LogP contribution in [0.4, 0.5) is 4.79 Å². The van der Waals surface area contributed by atoms with Gasteiger partial charge in [0, 0.05) is 18.7 Å². The average molecular weight is 330 g/mol. The first-order chi connectivity index (χ1) is 11.4. The Bertz CT molecular complexity index is 723. The largest absolute Gasteiger partial charge is 0.369 e.